The summed E-state index contributed by atoms with van der Waals surface area (Å²) in [7, 11) is 0. The fourth-order valence-electron chi connectivity index (χ4n) is 1.23. The van der Waals surface area contributed by atoms with Crippen molar-refractivity contribution in [3.63, 3.8) is 0 Å². The van der Waals surface area contributed by atoms with Gasteiger partial charge in [0, 0.05) is 18.7 Å². The van der Waals surface area contributed by atoms with E-state index in [1.807, 2.05) is 19.1 Å². The van der Waals surface area contributed by atoms with Crippen LogP contribution in [0, 0.1) is 6.92 Å². The van der Waals surface area contributed by atoms with Gasteiger partial charge in [0.05, 0.1) is 5.33 Å². The van der Waals surface area contributed by atoms with E-state index in [1.165, 1.54) is 0 Å². The van der Waals surface area contributed by atoms with Gasteiger partial charge >= 0.3 is 0 Å². The van der Waals surface area contributed by atoms with Gasteiger partial charge in [0.25, 0.3) is 5.91 Å². The lowest BCUT2D eigenvalue weighted by Crippen LogP contribution is -2.35. The van der Waals surface area contributed by atoms with Gasteiger partial charge in [-0.2, -0.15) is 0 Å². The van der Waals surface area contributed by atoms with Crippen LogP contribution in [0.1, 0.15) is 15.9 Å². The summed E-state index contributed by atoms with van der Waals surface area (Å²) < 4.78 is 0. The normalized spacial score (nSPS) is 9.76. The highest BCUT2D eigenvalue weighted by atomic mass is 79.9. The molecule has 0 spiro atoms. The molecule has 5 heteroatoms. The summed E-state index contributed by atoms with van der Waals surface area (Å²) in [6.45, 7) is 2.82. The Morgan fingerprint density at radius 1 is 1.12 bits per heavy atom. The van der Waals surface area contributed by atoms with Crippen molar-refractivity contribution >= 4 is 27.7 Å². The van der Waals surface area contributed by atoms with Gasteiger partial charge in [0.2, 0.25) is 5.91 Å². The molecule has 0 bridgehead atoms. The molecule has 0 radical (unpaired) electrons. The van der Waals surface area contributed by atoms with E-state index >= 15 is 0 Å². The van der Waals surface area contributed by atoms with Gasteiger partial charge < -0.3 is 10.6 Å². The molecule has 0 atom stereocenters. The number of aryl methyl sites for hydroxylation is 1. The van der Waals surface area contributed by atoms with Crippen molar-refractivity contribution in [3.05, 3.63) is 35.4 Å². The van der Waals surface area contributed by atoms with Crippen molar-refractivity contribution in [2.75, 3.05) is 18.4 Å². The number of amides is 2. The molecule has 1 rings (SSSR count). The van der Waals surface area contributed by atoms with Crippen LogP contribution >= 0.6 is 15.9 Å². The van der Waals surface area contributed by atoms with E-state index in [9.17, 15) is 9.59 Å². The summed E-state index contributed by atoms with van der Waals surface area (Å²) in [4.78, 5) is 22.5. The third-order valence-corrected chi connectivity index (χ3v) is 2.68. The molecule has 0 aromatic heterocycles. The van der Waals surface area contributed by atoms with Crippen molar-refractivity contribution in [1.29, 1.82) is 0 Å². The van der Waals surface area contributed by atoms with Crippen LogP contribution in [0.4, 0.5) is 0 Å². The summed E-state index contributed by atoms with van der Waals surface area (Å²) in [5.41, 5.74) is 1.74. The van der Waals surface area contributed by atoms with Crippen LogP contribution in [0.5, 0.6) is 0 Å². The van der Waals surface area contributed by atoms with E-state index in [0.717, 1.165) is 5.56 Å². The van der Waals surface area contributed by atoms with E-state index in [0.29, 0.717) is 18.7 Å². The first-order chi connectivity index (χ1) is 8.13. The van der Waals surface area contributed by atoms with Crippen molar-refractivity contribution in [3.8, 4) is 0 Å². The van der Waals surface area contributed by atoms with Crippen LogP contribution in [0.25, 0.3) is 0 Å². The number of hydrogen-bond acceptors (Lipinski definition) is 2. The van der Waals surface area contributed by atoms with Crippen LogP contribution < -0.4 is 10.6 Å². The zero-order valence-electron chi connectivity index (χ0n) is 9.63. The van der Waals surface area contributed by atoms with E-state index in [2.05, 4.69) is 26.6 Å². The molecule has 4 nitrogen and oxygen atoms in total. The van der Waals surface area contributed by atoms with Crippen LogP contribution in [0.2, 0.25) is 0 Å². The average molecular weight is 299 g/mol. The van der Waals surface area contributed by atoms with Crippen molar-refractivity contribution in [2.45, 2.75) is 6.92 Å². The van der Waals surface area contributed by atoms with Crippen molar-refractivity contribution in [1.82, 2.24) is 10.6 Å². The third-order valence-electron chi connectivity index (χ3n) is 2.17. The number of nitrogens with one attached hydrogen (secondary N) is 2. The summed E-state index contributed by atoms with van der Waals surface area (Å²) in [6, 6.07) is 7.34. The SMILES string of the molecule is Cc1ccc(C(=O)NCCNC(=O)CBr)cc1. The molecule has 0 aliphatic carbocycles. The number of alkyl halides is 1. The van der Waals surface area contributed by atoms with E-state index in [4.69, 9.17) is 0 Å². The zero-order chi connectivity index (χ0) is 12.7. The predicted octanol–water partition coefficient (Wildman–Crippen LogP) is 1.24. The average Bonchev–Trinajstić information content (AvgIpc) is 2.34. The van der Waals surface area contributed by atoms with Gasteiger partial charge in [0.15, 0.2) is 0 Å². The van der Waals surface area contributed by atoms with E-state index in [-0.39, 0.29) is 17.1 Å². The molecule has 1 aromatic rings. The largest absolute Gasteiger partial charge is 0.354 e. The minimum atomic E-state index is -0.127. The van der Waals surface area contributed by atoms with Crippen LogP contribution in [0.3, 0.4) is 0 Å². The maximum absolute atomic E-state index is 11.6. The first kappa shape index (κ1) is 13.7. The monoisotopic (exact) mass is 298 g/mol. The molecule has 17 heavy (non-hydrogen) atoms. The van der Waals surface area contributed by atoms with Gasteiger partial charge in [0.1, 0.15) is 0 Å². The number of benzene rings is 1. The number of rotatable bonds is 5. The summed E-state index contributed by atoms with van der Waals surface area (Å²) in [5.74, 6) is -0.215. The van der Waals surface area contributed by atoms with Gasteiger partial charge in [-0.3, -0.25) is 9.59 Å². The highest BCUT2D eigenvalue weighted by molar-refractivity contribution is 9.09. The van der Waals surface area contributed by atoms with Gasteiger partial charge in [-0.05, 0) is 19.1 Å². The molecule has 92 valence electrons. The van der Waals surface area contributed by atoms with E-state index in [1.54, 1.807) is 12.1 Å². The molecule has 0 saturated carbocycles. The third kappa shape index (κ3) is 4.99. The number of halogens is 1. The number of carbonyl (C=O) groups is 2. The standard InChI is InChI=1S/C12H15BrN2O2/c1-9-2-4-10(5-3-9)12(17)15-7-6-14-11(16)8-13/h2-5H,6-8H2,1H3,(H,14,16)(H,15,17). The minimum Gasteiger partial charge on any atom is -0.354 e. The Balaban J connectivity index is 2.30. The Hall–Kier alpha value is -1.36. The Labute approximate surface area is 109 Å². The fraction of sp³-hybridized carbons (Fsp3) is 0.333. The molecule has 0 aliphatic rings. The molecule has 0 aliphatic heterocycles. The predicted molar refractivity (Wildman–Crippen MR) is 70.3 cm³/mol. The maximum Gasteiger partial charge on any atom is 0.251 e. The second kappa shape index (κ2) is 7.06. The fourth-order valence-corrected chi connectivity index (χ4v) is 1.43. The van der Waals surface area contributed by atoms with Crippen LogP contribution in [0.15, 0.2) is 24.3 Å². The molecule has 2 N–H and O–H groups in total. The molecule has 2 amide bonds. The van der Waals surface area contributed by atoms with E-state index < -0.39 is 0 Å². The van der Waals surface area contributed by atoms with Gasteiger partial charge in [-0.25, -0.2) is 0 Å². The Morgan fingerprint density at radius 3 is 2.29 bits per heavy atom. The Bertz CT molecular complexity index is 390. The van der Waals surface area contributed by atoms with Crippen LogP contribution in [-0.2, 0) is 4.79 Å². The van der Waals surface area contributed by atoms with Crippen molar-refractivity contribution < 1.29 is 9.59 Å². The minimum absolute atomic E-state index is 0.0883. The van der Waals surface area contributed by atoms with Crippen LogP contribution in [-0.4, -0.2) is 30.2 Å². The molecule has 1 aromatic carbocycles. The topological polar surface area (TPSA) is 58.2 Å². The molecular weight excluding hydrogens is 284 g/mol. The summed E-state index contributed by atoms with van der Waals surface area (Å²) >= 11 is 3.04. The van der Waals surface area contributed by atoms with Gasteiger partial charge in [-0.15, -0.1) is 0 Å². The molecule has 0 fully saturated rings. The second-order valence-electron chi connectivity index (χ2n) is 3.61. The summed E-state index contributed by atoms with van der Waals surface area (Å²) in [5, 5.41) is 5.65. The smallest absolute Gasteiger partial charge is 0.251 e. The Morgan fingerprint density at radius 2 is 1.71 bits per heavy atom. The molecular formula is C12H15BrN2O2. The number of hydrogen-bond donors (Lipinski definition) is 2. The maximum atomic E-state index is 11.6. The highest BCUT2D eigenvalue weighted by Gasteiger charge is 2.03. The second-order valence-corrected chi connectivity index (χ2v) is 4.17. The summed E-state index contributed by atoms with van der Waals surface area (Å²) in [6.07, 6.45) is 0. The first-order valence-corrected chi connectivity index (χ1v) is 6.43. The quantitative estimate of drug-likeness (QED) is 0.635. The molecule has 0 saturated heterocycles. The lowest BCUT2D eigenvalue weighted by Gasteiger charge is -2.06. The lowest BCUT2D eigenvalue weighted by atomic mass is 10.1. The molecule has 0 unspecified atom stereocenters. The van der Waals surface area contributed by atoms with Gasteiger partial charge in [-0.1, -0.05) is 33.6 Å². The zero-order valence-corrected chi connectivity index (χ0v) is 11.2. The molecule has 0 heterocycles. The Kier molecular flexibility index (Phi) is 5.69. The van der Waals surface area contributed by atoms with Crippen molar-refractivity contribution in [2.24, 2.45) is 0 Å². The number of carbonyl (C=O) groups excluding carboxylic acids is 2. The first-order valence-electron chi connectivity index (χ1n) is 5.31. The lowest BCUT2D eigenvalue weighted by molar-refractivity contribution is -0.118. The highest BCUT2D eigenvalue weighted by Crippen LogP contribution is 2.02.